The van der Waals surface area contributed by atoms with Gasteiger partial charge in [0, 0.05) is 11.4 Å². The summed E-state index contributed by atoms with van der Waals surface area (Å²) in [5.41, 5.74) is 0. The molecule has 0 bridgehead atoms. The minimum absolute atomic E-state index is 0.210. The molecule has 0 spiro atoms. The van der Waals surface area contributed by atoms with Gasteiger partial charge in [-0.05, 0) is 24.5 Å². The molecule has 82 valence electrons. The summed E-state index contributed by atoms with van der Waals surface area (Å²) in [5.74, 6) is 1.92. The number of halogens is 1. The Kier molecular flexibility index (Phi) is 5.31. The molecule has 0 saturated carbocycles. The first-order chi connectivity index (χ1) is 6.61. The van der Waals surface area contributed by atoms with Crippen molar-refractivity contribution in [3.05, 3.63) is 0 Å². The maximum absolute atomic E-state index is 11.6. The van der Waals surface area contributed by atoms with Crippen LogP contribution in [-0.2, 0) is 4.79 Å². The van der Waals surface area contributed by atoms with Crippen molar-refractivity contribution >= 4 is 33.6 Å². The second-order valence-corrected chi connectivity index (χ2v) is 6.49. The summed E-state index contributed by atoms with van der Waals surface area (Å²) in [6.45, 7) is 5.04. The molecular formula is C10H18BrNOS. The van der Waals surface area contributed by atoms with Crippen LogP contribution in [0.2, 0.25) is 0 Å². The molecule has 1 aliphatic heterocycles. The van der Waals surface area contributed by atoms with Gasteiger partial charge in [0.15, 0.2) is 0 Å². The minimum atomic E-state index is 0.210. The molecule has 1 amide bonds. The van der Waals surface area contributed by atoms with E-state index in [0.717, 1.165) is 18.7 Å². The minimum Gasteiger partial charge on any atom is -0.354 e. The fourth-order valence-electron chi connectivity index (χ4n) is 1.33. The molecule has 1 N–H and O–H groups in total. The van der Waals surface area contributed by atoms with E-state index in [9.17, 15) is 4.79 Å². The van der Waals surface area contributed by atoms with Gasteiger partial charge >= 0.3 is 0 Å². The Balaban J connectivity index is 2.20. The van der Waals surface area contributed by atoms with Gasteiger partial charge in [0.2, 0.25) is 5.91 Å². The first-order valence-electron chi connectivity index (χ1n) is 5.14. The van der Waals surface area contributed by atoms with Gasteiger partial charge in [-0.15, -0.1) is 11.8 Å². The van der Waals surface area contributed by atoms with Gasteiger partial charge in [0.1, 0.15) is 0 Å². The van der Waals surface area contributed by atoms with Crippen LogP contribution in [0.15, 0.2) is 0 Å². The lowest BCUT2D eigenvalue weighted by atomic mass is 10.1. The van der Waals surface area contributed by atoms with E-state index in [-0.39, 0.29) is 11.2 Å². The van der Waals surface area contributed by atoms with Crippen LogP contribution in [0.5, 0.6) is 0 Å². The molecule has 0 aromatic carbocycles. The molecule has 0 aromatic rings. The van der Waals surface area contributed by atoms with Gasteiger partial charge in [0.05, 0.1) is 5.25 Å². The van der Waals surface area contributed by atoms with Gasteiger partial charge in [0.25, 0.3) is 0 Å². The molecule has 1 rings (SSSR count). The van der Waals surface area contributed by atoms with Crippen LogP contribution < -0.4 is 5.32 Å². The number of alkyl halides is 1. The summed E-state index contributed by atoms with van der Waals surface area (Å²) in [6, 6.07) is 0. The van der Waals surface area contributed by atoms with Crippen molar-refractivity contribution in [3.8, 4) is 0 Å². The van der Waals surface area contributed by atoms with Crippen molar-refractivity contribution in [2.45, 2.75) is 36.8 Å². The molecule has 1 fully saturated rings. The zero-order valence-electron chi connectivity index (χ0n) is 8.75. The topological polar surface area (TPSA) is 29.1 Å². The monoisotopic (exact) mass is 279 g/mol. The van der Waals surface area contributed by atoms with Crippen molar-refractivity contribution in [1.82, 2.24) is 5.32 Å². The molecule has 0 radical (unpaired) electrons. The zero-order chi connectivity index (χ0) is 10.6. The third kappa shape index (κ3) is 3.81. The van der Waals surface area contributed by atoms with Gasteiger partial charge in [-0.2, -0.15) is 0 Å². The van der Waals surface area contributed by atoms with E-state index in [1.165, 1.54) is 6.42 Å². The van der Waals surface area contributed by atoms with E-state index in [1.807, 2.05) is 0 Å². The highest BCUT2D eigenvalue weighted by Crippen LogP contribution is 2.26. The largest absolute Gasteiger partial charge is 0.354 e. The fourth-order valence-corrected chi connectivity index (χ4v) is 2.68. The third-order valence-electron chi connectivity index (χ3n) is 2.42. The van der Waals surface area contributed by atoms with Crippen molar-refractivity contribution < 1.29 is 4.79 Å². The number of carbonyl (C=O) groups is 1. The number of rotatable bonds is 4. The first-order valence-corrected chi connectivity index (χ1v) is 7.11. The number of thioether (sulfide) groups is 1. The van der Waals surface area contributed by atoms with Gasteiger partial charge in [-0.25, -0.2) is 0 Å². The number of amides is 1. The van der Waals surface area contributed by atoms with Gasteiger partial charge in [-0.3, -0.25) is 4.79 Å². The average Bonchev–Trinajstić information content (AvgIpc) is 2.66. The van der Waals surface area contributed by atoms with Crippen molar-refractivity contribution in [3.63, 3.8) is 0 Å². The predicted octanol–water partition coefficient (Wildman–Crippen LogP) is 2.42. The lowest BCUT2D eigenvalue weighted by Gasteiger charge is -2.16. The Morgan fingerprint density at radius 1 is 1.64 bits per heavy atom. The van der Waals surface area contributed by atoms with E-state index in [0.29, 0.717) is 10.7 Å². The lowest BCUT2D eigenvalue weighted by Crippen LogP contribution is -2.36. The molecule has 2 unspecified atom stereocenters. The van der Waals surface area contributed by atoms with Crippen LogP contribution in [0.3, 0.4) is 0 Å². The molecular weight excluding hydrogens is 262 g/mol. The first kappa shape index (κ1) is 12.4. The highest BCUT2D eigenvalue weighted by Gasteiger charge is 2.23. The highest BCUT2D eigenvalue weighted by atomic mass is 79.9. The van der Waals surface area contributed by atoms with E-state index in [1.54, 1.807) is 11.8 Å². The van der Waals surface area contributed by atoms with Crippen molar-refractivity contribution in [1.29, 1.82) is 0 Å². The predicted molar refractivity (Wildman–Crippen MR) is 66.0 cm³/mol. The van der Waals surface area contributed by atoms with Crippen LogP contribution in [0.25, 0.3) is 0 Å². The summed E-state index contributed by atoms with van der Waals surface area (Å²) in [5, 5.41) is 3.21. The molecule has 1 aliphatic rings. The van der Waals surface area contributed by atoms with E-state index in [2.05, 4.69) is 35.1 Å². The highest BCUT2D eigenvalue weighted by molar-refractivity contribution is 9.09. The summed E-state index contributed by atoms with van der Waals surface area (Å²) in [4.78, 5) is 12.0. The Morgan fingerprint density at radius 3 is 2.86 bits per heavy atom. The quantitative estimate of drug-likeness (QED) is 0.801. The standard InChI is InChI=1S/C10H18BrNOS/c1-7(2)8(11)6-12-10(13)9-4-3-5-14-9/h7-9H,3-6H2,1-2H3,(H,12,13). The number of nitrogens with one attached hydrogen (secondary N) is 1. The van der Waals surface area contributed by atoms with E-state index >= 15 is 0 Å². The maximum Gasteiger partial charge on any atom is 0.233 e. The number of hydrogen-bond donors (Lipinski definition) is 1. The Morgan fingerprint density at radius 2 is 2.36 bits per heavy atom. The summed E-state index contributed by atoms with van der Waals surface area (Å²) in [6.07, 6.45) is 2.23. The Hall–Kier alpha value is 0.300. The average molecular weight is 280 g/mol. The molecule has 1 saturated heterocycles. The Labute approximate surface area is 98.7 Å². The maximum atomic E-state index is 11.6. The summed E-state index contributed by atoms with van der Waals surface area (Å²) < 4.78 is 0. The lowest BCUT2D eigenvalue weighted by molar-refractivity contribution is -0.120. The van der Waals surface area contributed by atoms with Crippen molar-refractivity contribution in [2.75, 3.05) is 12.3 Å². The van der Waals surface area contributed by atoms with Crippen molar-refractivity contribution in [2.24, 2.45) is 5.92 Å². The number of carbonyl (C=O) groups excluding carboxylic acids is 1. The van der Waals surface area contributed by atoms with Crippen LogP contribution in [0.1, 0.15) is 26.7 Å². The molecule has 2 atom stereocenters. The summed E-state index contributed by atoms with van der Waals surface area (Å²) >= 11 is 5.34. The second-order valence-electron chi connectivity index (χ2n) is 4.01. The number of hydrogen-bond acceptors (Lipinski definition) is 2. The van der Waals surface area contributed by atoms with Gasteiger partial charge < -0.3 is 5.32 Å². The van der Waals surface area contributed by atoms with E-state index < -0.39 is 0 Å². The fraction of sp³-hybridized carbons (Fsp3) is 0.900. The second kappa shape index (κ2) is 6.01. The smallest absolute Gasteiger partial charge is 0.233 e. The van der Waals surface area contributed by atoms with E-state index in [4.69, 9.17) is 0 Å². The SMILES string of the molecule is CC(C)C(Br)CNC(=O)C1CCCS1. The van der Waals surface area contributed by atoms with Crippen LogP contribution in [0.4, 0.5) is 0 Å². The molecule has 4 heteroatoms. The normalized spacial score (nSPS) is 23.9. The molecule has 0 aliphatic carbocycles. The van der Waals surface area contributed by atoms with Gasteiger partial charge in [-0.1, -0.05) is 29.8 Å². The molecule has 2 nitrogen and oxygen atoms in total. The molecule has 1 heterocycles. The van der Waals surface area contributed by atoms with Crippen LogP contribution in [0, 0.1) is 5.92 Å². The third-order valence-corrected chi connectivity index (χ3v) is 5.17. The summed E-state index contributed by atoms with van der Waals surface area (Å²) in [7, 11) is 0. The molecule has 14 heavy (non-hydrogen) atoms. The molecule has 0 aromatic heterocycles. The van der Waals surface area contributed by atoms with Crippen LogP contribution in [-0.4, -0.2) is 28.3 Å². The van der Waals surface area contributed by atoms with Crippen LogP contribution >= 0.6 is 27.7 Å². The zero-order valence-corrected chi connectivity index (χ0v) is 11.2. The Bertz CT molecular complexity index is 193.